The van der Waals surface area contributed by atoms with E-state index >= 15 is 0 Å². The van der Waals surface area contributed by atoms with Gasteiger partial charge >= 0.3 is 0 Å². The molecule has 7 nitrogen and oxygen atoms in total. The molecule has 4 heterocycles. The molecule has 0 saturated carbocycles. The topological polar surface area (TPSA) is 86.6 Å². The van der Waals surface area contributed by atoms with Crippen LogP contribution in [-0.4, -0.2) is 19.4 Å². The summed E-state index contributed by atoms with van der Waals surface area (Å²) in [6, 6.07) is 25.4. The van der Waals surface area contributed by atoms with Crippen molar-refractivity contribution in [1.82, 2.24) is 19.4 Å². The van der Waals surface area contributed by atoms with Gasteiger partial charge in [0.2, 0.25) is 6.67 Å². The lowest BCUT2D eigenvalue weighted by Crippen LogP contribution is -2.36. The molecule has 0 unspecified atom stereocenters. The Morgan fingerprint density at radius 3 is 2.08 bits per heavy atom. The van der Waals surface area contributed by atoms with Crippen molar-refractivity contribution >= 4 is 32.5 Å². The number of halogens is 1. The van der Waals surface area contributed by atoms with Gasteiger partial charge < -0.3 is 11.8 Å². The summed E-state index contributed by atoms with van der Waals surface area (Å²) >= 11 is 2.82. The molecular formula is C30H38BrN7. The molecule has 0 spiro atoms. The fourth-order valence-electron chi connectivity index (χ4n) is 2.85. The van der Waals surface area contributed by atoms with E-state index < -0.39 is 0 Å². The van der Waals surface area contributed by atoms with Gasteiger partial charge in [-0.1, -0.05) is 71.2 Å². The monoisotopic (exact) mass is 575 g/mol. The number of hydrogen-bond donors (Lipinski definition) is 0. The molecule has 0 radical (unpaired) electrons. The van der Waals surface area contributed by atoms with Crippen LogP contribution in [0, 0.1) is 30.1 Å². The number of nitrogens with zero attached hydrogens (tertiary/aromatic N) is 7. The molecule has 4 aromatic heterocycles. The van der Waals surface area contributed by atoms with Crippen LogP contribution >= 0.6 is 15.9 Å². The normalized spacial score (nSPS) is 8.39. The molecule has 5 rings (SSSR count). The summed E-state index contributed by atoms with van der Waals surface area (Å²) in [7, 11) is 0. The number of benzene rings is 1. The summed E-state index contributed by atoms with van der Waals surface area (Å²) in [6.45, 7) is 11.9. The highest BCUT2D eigenvalue weighted by Gasteiger charge is 2.06. The summed E-state index contributed by atoms with van der Waals surface area (Å²) < 4.78 is 6.24. The first-order chi connectivity index (χ1) is 17.6. The van der Waals surface area contributed by atoms with E-state index in [1.165, 1.54) is 0 Å². The van der Waals surface area contributed by atoms with Crippen LogP contribution in [0.2, 0.25) is 0 Å². The molecule has 0 saturated heterocycles. The molecule has 38 heavy (non-hydrogen) atoms. The second-order valence-corrected chi connectivity index (χ2v) is 7.42. The number of fused-ring (bicyclic) bond motifs is 2. The molecule has 0 aliphatic rings. The maximum absolute atomic E-state index is 8.66. The zero-order chi connectivity index (χ0) is 26.8. The van der Waals surface area contributed by atoms with E-state index in [9.17, 15) is 0 Å². The summed E-state index contributed by atoms with van der Waals surface area (Å²) in [5.74, 6) is 0. The minimum atomic E-state index is 0. The molecule has 0 aliphatic heterocycles. The van der Waals surface area contributed by atoms with E-state index in [1.807, 2.05) is 128 Å². The highest BCUT2D eigenvalue weighted by atomic mass is 79.9. The standard InChI is InChI=1S/C12H11N4.C9H6N2.C3H2BrN.2C2H6.CH4.CH3/c1-4-8-15(9-5-1)10-16-12-7-3-2-6-11(12)13-14-16;10-7-8-4-6-11-5-2-1-3-9(8)11;1-3(4)2-5;2*1-2;;/h1-9H,10H2;1-6H;1H2;2*1-2H3;1H4;1H3/q+1;;;;;;-1. The van der Waals surface area contributed by atoms with E-state index in [4.69, 9.17) is 10.5 Å². The van der Waals surface area contributed by atoms with Gasteiger partial charge in [0.25, 0.3) is 0 Å². The number of nitriles is 2. The second-order valence-electron chi connectivity index (χ2n) is 6.46. The lowest BCUT2D eigenvalue weighted by molar-refractivity contribution is -0.702. The summed E-state index contributed by atoms with van der Waals surface area (Å²) in [4.78, 5) is 0. The van der Waals surface area contributed by atoms with Gasteiger partial charge in [0.1, 0.15) is 17.7 Å². The zero-order valence-electron chi connectivity index (χ0n) is 22.1. The molecule has 8 heteroatoms. The first-order valence-corrected chi connectivity index (χ1v) is 12.3. The average molecular weight is 577 g/mol. The maximum Gasteiger partial charge on any atom is 0.244 e. The predicted octanol–water partition coefficient (Wildman–Crippen LogP) is 7.59. The van der Waals surface area contributed by atoms with Gasteiger partial charge in [0, 0.05) is 24.5 Å². The van der Waals surface area contributed by atoms with E-state index in [0.29, 0.717) is 11.2 Å². The summed E-state index contributed by atoms with van der Waals surface area (Å²) in [5.41, 5.74) is 3.68. The number of aromatic nitrogens is 5. The van der Waals surface area contributed by atoms with Gasteiger partial charge in [-0.05, 0) is 46.3 Å². The third-order valence-electron chi connectivity index (χ3n) is 4.30. The highest BCUT2D eigenvalue weighted by molar-refractivity contribution is 9.12. The SMILES string of the molecule is C.C=C(Br)C#N.CC.CC.N#Cc1ccn2ccccc12.[CH3-].c1cc[n+](Cn2nnc3ccccc32)cc1. The Kier molecular flexibility index (Phi) is 19.7. The van der Waals surface area contributed by atoms with E-state index in [-0.39, 0.29) is 14.9 Å². The molecule has 0 N–H and O–H groups in total. The van der Waals surface area contributed by atoms with Gasteiger partial charge in [-0.15, -0.1) is 5.10 Å². The van der Waals surface area contributed by atoms with Crippen molar-refractivity contribution in [1.29, 1.82) is 10.5 Å². The second kappa shape index (κ2) is 20.9. The zero-order valence-corrected chi connectivity index (χ0v) is 23.7. The third kappa shape index (κ3) is 11.2. The first kappa shape index (κ1) is 35.9. The number of pyridine rings is 2. The van der Waals surface area contributed by atoms with Crippen molar-refractivity contribution in [2.45, 2.75) is 41.8 Å². The van der Waals surface area contributed by atoms with Gasteiger partial charge in [-0.25, -0.2) is 0 Å². The lowest BCUT2D eigenvalue weighted by Gasteiger charge is -1.97. The van der Waals surface area contributed by atoms with Crippen LogP contribution in [0.3, 0.4) is 0 Å². The largest absolute Gasteiger partial charge is 0.358 e. The fraction of sp³-hybridized carbons (Fsp3) is 0.200. The summed E-state index contributed by atoms with van der Waals surface area (Å²) in [6.07, 6.45) is 7.83. The minimum absolute atomic E-state index is 0. The van der Waals surface area contributed by atoms with Gasteiger partial charge in [-0.2, -0.15) is 19.8 Å². The smallest absolute Gasteiger partial charge is 0.244 e. The average Bonchev–Trinajstić information content (AvgIpc) is 3.56. The lowest BCUT2D eigenvalue weighted by atomic mass is 10.3. The molecule has 0 aliphatic carbocycles. The number of rotatable bonds is 2. The molecule has 0 atom stereocenters. The Labute approximate surface area is 236 Å². The van der Waals surface area contributed by atoms with Crippen LogP contribution in [0.5, 0.6) is 0 Å². The van der Waals surface area contributed by atoms with Crippen LogP contribution in [0.25, 0.3) is 16.6 Å². The molecular weight excluding hydrogens is 538 g/mol. The number of hydrogen-bond acceptors (Lipinski definition) is 4. The maximum atomic E-state index is 8.66. The molecule has 0 bridgehead atoms. The Hall–Kier alpha value is -4.27. The molecule has 0 amide bonds. The van der Waals surface area contributed by atoms with Gasteiger partial charge in [0.05, 0.1) is 21.1 Å². The Morgan fingerprint density at radius 2 is 1.47 bits per heavy atom. The quantitative estimate of drug-likeness (QED) is 0.123. The van der Waals surface area contributed by atoms with Crippen LogP contribution in [0.1, 0.15) is 40.7 Å². The Morgan fingerprint density at radius 1 is 0.895 bits per heavy atom. The van der Waals surface area contributed by atoms with E-state index in [1.54, 1.807) is 6.07 Å². The predicted molar refractivity (Wildman–Crippen MR) is 161 cm³/mol. The van der Waals surface area contributed by atoms with Crippen LogP contribution in [-0.2, 0) is 6.67 Å². The van der Waals surface area contributed by atoms with Gasteiger partial charge in [0.15, 0.2) is 12.4 Å². The molecule has 200 valence electrons. The van der Waals surface area contributed by atoms with Crippen molar-refractivity contribution in [3.63, 3.8) is 0 Å². The van der Waals surface area contributed by atoms with Crippen molar-refractivity contribution < 1.29 is 4.57 Å². The van der Waals surface area contributed by atoms with E-state index in [2.05, 4.69) is 43.5 Å². The van der Waals surface area contributed by atoms with Crippen molar-refractivity contribution in [2.75, 3.05) is 0 Å². The van der Waals surface area contributed by atoms with Crippen molar-refractivity contribution in [3.8, 4) is 12.1 Å². The molecule has 1 aromatic carbocycles. The summed E-state index contributed by atoms with van der Waals surface area (Å²) in [5, 5.41) is 24.7. The van der Waals surface area contributed by atoms with Crippen molar-refractivity contribution in [3.05, 3.63) is 116 Å². The highest BCUT2D eigenvalue weighted by Crippen LogP contribution is 2.10. The number of para-hydroxylation sites is 1. The Balaban J connectivity index is 0. The molecule has 5 aromatic rings. The van der Waals surface area contributed by atoms with Crippen LogP contribution in [0.15, 0.2) is 103 Å². The number of allylic oxidation sites excluding steroid dienone is 1. The van der Waals surface area contributed by atoms with Crippen LogP contribution < -0.4 is 4.57 Å². The third-order valence-corrected chi connectivity index (χ3v) is 4.48. The molecule has 0 fully saturated rings. The Bertz CT molecular complexity index is 1410. The fourth-order valence-corrected chi connectivity index (χ4v) is 2.85. The minimum Gasteiger partial charge on any atom is -0.358 e. The van der Waals surface area contributed by atoms with Crippen molar-refractivity contribution in [2.24, 2.45) is 0 Å². The first-order valence-electron chi connectivity index (χ1n) is 11.5. The van der Waals surface area contributed by atoms with E-state index in [0.717, 1.165) is 22.1 Å². The van der Waals surface area contributed by atoms with Gasteiger partial charge in [-0.3, -0.25) is 0 Å². The van der Waals surface area contributed by atoms with Crippen LogP contribution in [0.4, 0.5) is 0 Å².